The number of methoxy groups -OCH3 is 2. The molecule has 0 atom stereocenters. The zero-order valence-electron chi connectivity index (χ0n) is 17.3. The zero-order valence-corrected chi connectivity index (χ0v) is 17.3. The van der Waals surface area contributed by atoms with Crippen LogP contribution in [0.1, 0.15) is 24.0 Å². The molecule has 0 aromatic heterocycles. The molecule has 1 saturated heterocycles. The van der Waals surface area contributed by atoms with Gasteiger partial charge in [0.15, 0.2) is 11.5 Å². The molecule has 1 spiro atoms. The summed E-state index contributed by atoms with van der Waals surface area (Å²) in [6.07, 6.45) is 1.21. The second kappa shape index (κ2) is 8.05. The first-order valence-corrected chi connectivity index (χ1v) is 9.92. The highest BCUT2D eigenvalue weighted by Gasteiger charge is 2.43. The Morgan fingerprint density at radius 1 is 1.10 bits per heavy atom. The van der Waals surface area contributed by atoms with Crippen molar-refractivity contribution in [1.29, 1.82) is 0 Å². The Morgan fingerprint density at radius 3 is 2.42 bits per heavy atom. The minimum Gasteiger partial charge on any atom is -0.493 e. The first kappa shape index (κ1) is 20.9. The monoisotopic (exact) mass is 431 g/mol. The smallest absolute Gasteiger partial charge is 0.321 e. The topological polar surface area (TPSA) is 79.9 Å². The zero-order chi connectivity index (χ0) is 22.2. The number of carbonyl (C=O) groups is 2. The molecule has 1 fully saturated rings. The van der Waals surface area contributed by atoms with Crippen LogP contribution in [0.2, 0.25) is 0 Å². The first-order chi connectivity index (χ1) is 14.8. The van der Waals surface area contributed by atoms with E-state index in [9.17, 15) is 18.4 Å². The molecule has 164 valence electrons. The average Bonchev–Trinajstić information content (AvgIpc) is 2.75. The van der Waals surface area contributed by atoms with Gasteiger partial charge in [-0.15, -0.1) is 0 Å². The third-order valence-corrected chi connectivity index (χ3v) is 5.93. The largest absolute Gasteiger partial charge is 0.493 e. The van der Waals surface area contributed by atoms with Crippen LogP contribution in [0.25, 0.3) is 0 Å². The Hall–Kier alpha value is -3.36. The molecule has 2 aliphatic heterocycles. The van der Waals surface area contributed by atoms with E-state index >= 15 is 0 Å². The number of anilines is 1. The number of nitrogens with zero attached hydrogens (tertiary/aromatic N) is 1. The van der Waals surface area contributed by atoms with Gasteiger partial charge in [-0.2, -0.15) is 0 Å². The minimum atomic E-state index is -0.837. The molecule has 3 amide bonds. The van der Waals surface area contributed by atoms with Crippen LogP contribution < -0.4 is 20.1 Å². The van der Waals surface area contributed by atoms with E-state index < -0.39 is 23.2 Å². The van der Waals surface area contributed by atoms with Crippen LogP contribution in [0.5, 0.6) is 11.5 Å². The molecule has 31 heavy (non-hydrogen) atoms. The van der Waals surface area contributed by atoms with Crippen molar-refractivity contribution in [2.75, 3.05) is 32.6 Å². The van der Waals surface area contributed by atoms with Crippen LogP contribution in [0.15, 0.2) is 30.3 Å². The van der Waals surface area contributed by atoms with E-state index in [4.69, 9.17) is 9.47 Å². The normalized spacial score (nSPS) is 17.0. The van der Waals surface area contributed by atoms with Crippen molar-refractivity contribution in [3.05, 3.63) is 53.1 Å². The number of benzene rings is 2. The third kappa shape index (κ3) is 3.87. The van der Waals surface area contributed by atoms with Crippen molar-refractivity contribution < 1.29 is 27.8 Å². The number of fused-ring (bicyclic) bond motifs is 2. The summed E-state index contributed by atoms with van der Waals surface area (Å²) in [5, 5.41) is 5.59. The van der Waals surface area contributed by atoms with Crippen molar-refractivity contribution in [2.45, 2.75) is 24.8 Å². The summed E-state index contributed by atoms with van der Waals surface area (Å²) < 4.78 is 37.7. The van der Waals surface area contributed by atoms with Gasteiger partial charge >= 0.3 is 6.03 Å². The van der Waals surface area contributed by atoms with Gasteiger partial charge in [0.1, 0.15) is 11.6 Å². The lowest BCUT2D eigenvalue weighted by Gasteiger charge is -2.45. The van der Waals surface area contributed by atoms with Gasteiger partial charge in [-0.05, 0) is 48.2 Å². The Bertz CT molecular complexity index is 1040. The lowest BCUT2D eigenvalue weighted by molar-refractivity contribution is -0.124. The Labute approximate surface area is 178 Å². The van der Waals surface area contributed by atoms with E-state index in [-0.39, 0.29) is 18.0 Å². The summed E-state index contributed by atoms with van der Waals surface area (Å²) in [4.78, 5) is 26.6. The van der Waals surface area contributed by atoms with Gasteiger partial charge in [0, 0.05) is 19.2 Å². The standard InChI is InChI=1S/C22H23F2N3O4/c1-30-18-9-13-10-20(28)26-22(15(13)12-19(18)31-2)5-7-27(8-6-22)21(29)25-17-4-3-14(23)11-16(17)24/h3-4,9,11-12H,5-8,10H2,1-2H3,(H,25,29)(H,26,28). The van der Waals surface area contributed by atoms with Gasteiger partial charge in [0.2, 0.25) is 5.91 Å². The van der Waals surface area contributed by atoms with Gasteiger partial charge in [0.05, 0.1) is 31.9 Å². The molecule has 0 aliphatic carbocycles. The fraction of sp³-hybridized carbons (Fsp3) is 0.364. The lowest BCUT2D eigenvalue weighted by Crippen LogP contribution is -2.57. The quantitative estimate of drug-likeness (QED) is 0.783. The number of urea groups is 1. The molecule has 2 aliphatic rings. The average molecular weight is 431 g/mol. The maximum Gasteiger partial charge on any atom is 0.321 e. The Morgan fingerprint density at radius 2 is 1.77 bits per heavy atom. The van der Waals surface area contributed by atoms with Crippen LogP contribution in [0.4, 0.5) is 19.3 Å². The summed E-state index contributed by atoms with van der Waals surface area (Å²) >= 11 is 0. The molecule has 0 bridgehead atoms. The van der Waals surface area contributed by atoms with Crippen molar-refractivity contribution in [2.24, 2.45) is 0 Å². The number of carbonyl (C=O) groups excluding carboxylic acids is 2. The highest BCUT2D eigenvalue weighted by molar-refractivity contribution is 5.89. The summed E-state index contributed by atoms with van der Waals surface area (Å²) in [5.74, 6) is -0.510. The molecule has 2 aromatic rings. The minimum absolute atomic E-state index is 0.0835. The van der Waals surface area contributed by atoms with Crippen molar-refractivity contribution in [1.82, 2.24) is 10.2 Å². The van der Waals surface area contributed by atoms with Crippen LogP contribution in [0, 0.1) is 11.6 Å². The first-order valence-electron chi connectivity index (χ1n) is 9.92. The lowest BCUT2D eigenvalue weighted by atomic mass is 9.75. The molecule has 0 saturated carbocycles. The Balaban J connectivity index is 1.53. The SMILES string of the molecule is COc1cc2c(cc1OC)C1(CCN(C(=O)Nc3ccc(F)cc3F)CC1)NC(=O)C2. The molecular weight excluding hydrogens is 408 g/mol. The highest BCUT2D eigenvalue weighted by atomic mass is 19.1. The number of likely N-dealkylation sites (tertiary alicyclic amines) is 1. The molecule has 4 rings (SSSR count). The molecule has 0 radical (unpaired) electrons. The van der Waals surface area contributed by atoms with Gasteiger partial charge in [-0.1, -0.05) is 0 Å². The van der Waals surface area contributed by atoms with E-state index in [2.05, 4.69) is 10.6 Å². The molecule has 9 heteroatoms. The fourth-order valence-electron chi connectivity index (χ4n) is 4.34. The third-order valence-electron chi connectivity index (χ3n) is 5.93. The summed E-state index contributed by atoms with van der Waals surface area (Å²) in [7, 11) is 3.10. The van der Waals surface area contributed by atoms with E-state index in [0.717, 1.165) is 23.3 Å². The van der Waals surface area contributed by atoms with E-state index in [1.165, 1.54) is 6.07 Å². The maximum atomic E-state index is 13.9. The molecule has 2 aromatic carbocycles. The predicted molar refractivity (Wildman–Crippen MR) is 109 cm³/mol. The number of halogens is 2. The van der Waals surface area contributed by atoms with E-state index in [0.29, 0.717) is 37.4 Å². The highest BCUT2D eigenvalue weighted by Crippen LogP contribution is 2.42. The number of nitrogens with one attached hydrogen (secondary N) is 2. The molecule has 2 heterocycles. The second-order valence-electron chi connectivity index (χ2n) is 7.71. The number of hydrogen-bond donors (Lipinski definition) is 2. The van der Waals surface area contributed by atoms with Crippen molar-refractivity contribution >= 4 is 17.6 Å². The second-order valence-corrected chi connectivity index (χ2v) is 7.71. The van der Waals surface area contributed by atoms with Gasteiger partial charge in [-0.3, -0.25) is 4.79 Å². The summed E-state index contributed by atoms with van der Waals surface area (Å²) in [6.45, 7) is 0.700. The Kier molecular flexibility index (Phi) is 5.43. The predicted octanol–water partition coefficient (Wildman–Crippen LogP) is 3.18. The number of amides is 3. The molecule has 2 N–H and O–H groups in total. The fourth-order valence-corrected chi connectivity index (χ4v) is 4.34. The summed E-state index contributed by atoms with van der Waals surface area (Å²) in [6, 6.07) is 6.22. The van der Waals surface area contributed by atoms with Crippen molar-refractivity contribution in [3.63, 3.8) is 0 Å². The molecular formula is C22H23F2N3O4. The van der Waals surface area contributed by atoms with Crippen LogP contribution in [0.3, 0.4) is 0 Å². The van der Waals surface area contributed by atoms with Crippen LogP contribution in [-0.4, -0.2) is 44.1 Å². The van der Waals surface area contributed by atoms with Gasteiger partial charge < -0.3 is 25.0 Å². The van der Waals surface area contributed by atoms with Crippen LogP contribution >= 0.6 is 0 Å². The molecule has 7 nitrogen and oxygen atoms in total. The van der Waals surface area contributed by atoms with Gasteiger partial charge in [0.25, 0.3) is 0 Å². The van der Waals surface area contributed by atoms with Gasteiger partial charge in [-0.25, -0.2) is 13.6 Å². The summed E-state index contributed by atoms with van der Waals surface area (Å²) in [5.41, 5.74) is 1.11. The van der Waals surface area contributed by atoms with Crippen LogP contribution in [-0.2, 0) is 16.8 Å². The number of rotatable bonds is 3. The van der Waals surface area contributed by atoms with E-state index in [1.807, 2.05) is 12.1 Å². The number of piperidine rings is 1. The van der Waals surface area contributed by atoms with E-state index in [1.54, 1.807) is 19.1 Å². The van der Waals surface area contributed by atoms with Crippen molar-refractivity contribution in [3.8, 4) is 11.5 Å². The molecule has 0 unspecified atom stereocenters. The maximum absolute atomic E-state index is 13.9. The number of hydrogen-bond acceptors (Lipinski definition) is 4. The number of ether oxygens (including phenoxy) is 2.